The number of aromatic amines is 1. The molecule has 4 aromatic rings. The second kappa shape index (κ2) is 9.28. The van der Waals surface area contributed by atoms with Gasteiger partial charge in [0.1, 0.15) is 5.82 Å². The maximum Gasteiger partial charge on any atom is 0.181 e. The molecule has 180 valence electrons. The number of hydrogen-bond acceptors (Lipinski definition) is 4. The second-order valence-electron chi connectivity index (χ2n) is 9.75. The highest BCUT2D eigenvalue weighted by molar-refractivity contribution is 7.84. The Morgan fingerprint density at radius 3 is 2.51 bits per heavy atom. The lowest BCUT2D eigenvalue weighted by Crippen LogP contribution is -2.35. The van der Waals surface area contributed by atoms with E-state index in [4.69, 9.17) is 0 Å². The maximum absolute atomic E-state index is 14.5. The van der Waals surface area contributed by atoms with Crippen LogP contribution in [0.25, 0.3) is 33.4 Å². The van der Waals surface area contributed by atoms with Crippen molar-refractivity contribution in [2.24, 2.45) is 0 Å². The smallest absolute Gasteiger partial charge is 0.181 e. The average Bonchev–Trinajstić information content (AvgIpc) is 3.50. The average molecular weight is 489 g/mol. The van der Waals surface area contributed by atoms with Crippen molar-refractivity contribution in [1.82, 2.24) is 20.1 Å². The molecule has 0 amide bonds. The number of pyridine rings is 1. The fraction of sp³-hybridized carbons (Fsp3) is 0.357. The molecule has 7 heteroatoms. The number of rotatable bonds is 4. The van der Waals surface area contributed by atoms with Crippen LogP contribution in [-0.4, -0.2) is 49.7 Å². The molecule has 1 aliphatic carbocycles. The van der Waals surface area contributed by atoms with E-state index in [1.807, 2.05) is 6.20 Å². The summed E-state index contributed by atoms with van der Waals surface area (Å²) in [5.74, 6) is -0.479. The molecule has 5 nitrogen and oxygen atoms in total. The summed E-state index contributed by atoms with van der Waals surface area (Å²) in [4.78, 5) is 7.48. The van der Waals surface area contributed by atoms with Crippen LogP contribution < -0.4 is 0 Å². The first-order valence-electron chi connectivity index (χ1n) is 12.4. The van der Waals surface area contributed by atoms with Crippen LogP contribution in [0.3, 0.4) is 0 Å². The SMILES string of the molecule is CS(=O)c1ccc(-c2[nH]nc3ncc(-c4ccc5c(c4)CCN(C4CCCC4)CC5)cc23)cc1F. The van der Waals surface area contributed by atoms with E-state index in [1.165, 1.54) is 49.1 Å². The van der Waals surface area contributed by atoms with Crippen molar-refractivity contribution in [3.8, 4) is 22.4 Å². The number of nitrogens with zero attached hydrogens (tertiary/aromatic N) is 3. The van der Waals surface area contributed by atoms with Crippen molar-refractivity contribution in [1.29, 1.82) is 0 Å². The van der Waals surface area contributed by atoms with Crippen molar-refractivity contribution in [2.75, 3.05) is 19.3 Å². The molecule has 1 saturated carbocycles. The number of fused-ring (bicyclic) bond motifs is 2. The second-order valence-corrected chi connectivity index (χ2v) is 11.1. The predicted molar refractivity (Wildman–Crippen MR) is 138 cm³/mol. The van der Waals surface area contributed by atoms with Crippen LogP contribution >= 0.6 is 0 Å². The van der Waals surface area contributed by atoms with Gasteiger partial charge in [-0.1, -0.05) is 37.1 Å². The Balaban J connectivity index is 1.31. The van der Waals surface area contributed by atoms with E-state index in [9.17, 15) is 8.60 Å². The van der Waals surface area contributed by atoms with Gasteiger partial charge in [-0.2, -0.15) is 5.10 Å². The quantitative estimate of drug-likeness (QED) is 0.411. The van der Waals surface area contributed by atoms with Crippen LogP contribution in [0.1, 0.15) is 36.8 Å². The largest absolute Gasteiger partial charge is 0.300 e. The molecular formula is C28H29FN4OS. The molecule has 2 aromatic heterocycles. The van der Waals surface area contributed by atoms with Gasteiger partial charge in [0.25, 0.3) is 0 Å². The molecule has 2 aliphatic rings. The summed E-state index contributed by atoms with van der Waals surface area (Å²) in [5.41, 5.74) is 7.01. The molecule has 3 heterocycles. The minimum absolute atomic E-state index is 0.202. The van der Waals surface area contributed by atoms with E-state index in [1.54, 1.807) is 12.1 Å². The van der Waals surface area contributed by atoms with Crippen molar-refractivity contribution in [2.45, 2.75) is 49.5 Å². The number of hydrogen-bond donors (Lipinski definition) is 1. The van der Waals surface area contributed by atoms with Crippen LogP contribution in [0.15, 0.2) is 53.6 Å². The van der Waals surface area contributed by atoms with Gasteiger partial charge in [-0.25, -0.2) is 9.37 Å². The summed E-state index contributed by atoms with van der Waals surface area (Å²) < 4.78 is 26.2. The van der Waals surface area contributed by atoms with E-state index < -0.39 is 16.6 Å². The van der Waals surface area contributed by atoms with Crippen LogP contribution in [0, 0.1) is 5.82 Å². The normalized spacial score (nSPS) is 18.0. The lowest BCUT2D eigenvalue weighted by Gasteiger charge is -2.26. The minimum atomic E-state index is -1.37. The first kappa shape index (κ1) is 22.6. The van der Waals surface area contributed by atoms with Crippen molar-refractivity contribution >= 4 is 21.8 Å². The highest BCUT2D eigenvalue weighted by Gasteiger charge is 2.24. The molecule has 1 fully saturated rings. The van der Waals surface area contributed by atoms with Crippen LogP contribution in [0.5, 0.6) is 0 Å². The van der Waals surface area contributed by atoms with E-state index in [0.717, 1.165) is 48.5 Å². The number of halogens is 1. The Hall–Kier alpha value is -2.90. The summed E-state index contributed by atoms with van der Waals surface area (Å²) >= 11 is 0. The summed E-state index contributed by atoms with van der Waals surface area (Å²) in [6.45, 7) is 2.29. The van der Waals surface area contributed by atoms with Crippen molar-refractivity contribution in [3.05, 3.63) is 65.6 Å². The standard InChI is InChI=1S/C28H29FN4OS/c1-35(34)26-9-8-21(16-25(26)29)27-24-15-22(17-30-28(24)32-31-27)19-7-6-18-10-12-33(13-11-20(18)14-19)23-4-2-3-5-23/h6-9,14-17,23H,2-5,10-13H2,1H3,(H,30,31,32). The molecule has 0 bridgehead atoms. The summed E-state index contributed by atoms with van der Waals surface area (Å²) in [7, 11) is -1.37. The molecule has 1 N–H and O–H groups in total. The van der Waals surface area contributed by atoms with Gasteiger partial charge in [0, 0.05) is 48.1 Å². The Kier molecular flexibility index (Phi) is 5.98. The lowest BCUT2D eigenvalue weighted by molar-refractivity contribution is 0.208. The van der Waals surface area contributed by atoms with Gasteiger partial charge >= 0.3 is 0 Å². The van der Waals surface area contributed by atoms with Gasteiger partial charge in [-0.15, -0.1) is 0 Å². The highest BCUT2D eigenvalue weighted by atomic mass is 32.2. The van der Waals surface area contributed by atoms with Gasteiger partial charge in [0.2, 0.25) is 0 Å². The zero-order chi connectivity index (χ0) is 23.9. The molecule has 1 atom stereocenters. The first-order chi connectivity index (χ1) is 17.1. The van der Waals surface area contributed by atoms with Gasteiger partial charge in [-0.3, -0.25) is 14.2 Å². The number of H-pyrrole nitrogens is 1. The molecule has 2 aromatic carbocycles. The van der Waals surface area contributed by atoms with Gasteiger partial charge in [0.15, 0.2) is 5.65 Å². The third kappa shape index (κ3) is 4.32. The minimum Gasteiger partial charge on any atom is -0.300 e. The Bertz CT molecular complexity index is 1430. The van der Waals surface area contributed by atoms with Gasteiger partial charge < -0.3 is 0 Å². The fourth-order valence-electron chi connectivity index (χ4n) is 5.72. The van der Waals surface area contributed by atoms with Crippen LogP contribution in [0.2, 0.25) is 0 Å². The lowest BCUT2D eigenvalue weighted by atomic mass is 9.96. The predicted octanol–water partition coefficient (Wildman–Crippen LogP) is 5.51. The highest BCUT2D eigenvalue weighted by Crippen LogP contribution is 2.32. The maximum atomic E-state index is 14.5. The molecule has 1 aliphatic heterocycles. The topological polar surface area (TPSA) is 61.9 Å². The molecule has 35 heavy (non-hydrogen) atoms. The third-order valence-electron chi connectivity index (χ3n) is 7.66. The Morgan fingerprint density at radius 1 is 0.971 bits per heavy atom. The molecule has 0 spiro atoms. The van der Waals surface area contributed by atoms with Crippen LogP contribution in [-0.2, 0) is 23.6 Å². The van der Waals surface area contributed by atoms with Crippen LogP contribution in [0.4, 0.5) is 4.39 Å². The zero-order valence-electron chi connectivity index (χ0n) is 19.9. The third-order valence-corrected chi connectivity index (χ3v) is 8.61. The zero-order valence-corrected chi connectivity index (χ0v) is 20.7. The molecule has 0 radical (unpaired) electrons. The van der Waals surface area contributed by atoms with Crippen molar-refractivity contribution < 1.29 is 8.60 Å². The Morgan fingerprint density at radius 2 is 1.74 bits per heavy atom. The number of benzene rings is 2. The first-order valence-corrected chi connectivity index (χ1v) is 14.0. The van der Waals surface area contributed by atoms with E-state index in [2.05, 4.69) is 44.3 Å². The Labute approximate surface area is 207 Å². The molecule has 0 saturated heterocycles. The summed E-state index contributed by atoms with van der Waals surface area (Å²) in [6.07, 6.45) is 11.0. The van der Waals surface area contributed by atoms with Gasteiger partial charge in [0.05, 0.1) is 21.4 Å². The fourth-order valence-corrected chi connectivity index (χ4v) is 6.32. The molecule has 1 unspecified atom stereocenters. The van der Waals surface area contributed by atoms with E-state index >= 15 is 0 Å². The van der Waals surface area contributed by atoms with Gasteiger partial charge in [-0.05, 0) is 60.6 Å². The molecular weight excluding hydrogens is 459 g/mol. The molecule has 6 rings (SSSR count). The van der Waals surface area contributed by atoms with E-state index in [0.29, 0.717) is 16.9 Å². The number of nitrogens with one attached hydrogen (secondary N) is 1. The monoisotopic (exact) mass is 488 g/mol. The summed E-state index contributed by atoms with van der Waals surface area (Å²) in [5, 5.41) is 8.18. The van der Waals surface area contributed by atoms with E-state index in [-0.39, 0.29) is 4.90 Å². The number of aromatic nitrogens is 3. The van der Waals surface area contributed by atoms with Crippen molar-refractivity contribution in [3.63, 3.8) is 0 Å². The summed E-state index contributed by atoms with van der Waals surface area (Å²) in [6, 6.07) is 14.4.